The molecular weight excluding hydrogens is 316 g/mol. The third-order valence-electron chi connectivity index (χ3n) is 4.80. The summed E-state index contributed by atoms with van der Waals surface area (Å²) in [5.41, 5.74) is 3.37. The quantitative estimate of drug-likeness (QED) is 0.754. The number of aryl methyl sites for hydroxylation is 2. The lowest BCUT2D eigenvalue weighted by Gasteiger charge is -2.37. The smallest absolute Gasteiger partial charge is 0.111 e. The van der Waals surface area contributed by atoms with Gasteiger partial charge in [-0.15, -0.1) is 0 Å². The highest BCUT2D eigenvalue weighted by Gasteiger charge is 2.37. The number of hydrogen-bond acceptors (Lipinski definition) is 4. The standard InChI is InChI=1S/C21H26O4/c22-14-18-13-19(23)20(24)21(25-18)17-11-5-10-16(12-17)9-4-8-15-6-2-1-3-7-15/h1-3,5-7,10-12,18-24H,4,8-9,13-14H2. The van der Waals surface area contributed by atoms with E-state index in [0.717, 1.165) is 24.8 Å². The van der Waals surface area contributed by atoms with Crippen LogP contribution in [0.5, 0.6) is 0 Å². The fourth-order valence-electron chi connectivity index (χ4n) is 3.41. The molecule has 1 aliphatic heterocycles. The molecule has 25 heavy (non-hydrogen) atoms. The molecule has 1 fully saturated rings. The first kappa shape index (κ1) is 18.1. The maximum Gasteiger partial charge on any atom is 0.111 e. The second-order valence-electron chi connectivity index (χ2n) is 6.74. The Bertz CT molecular complexity index is 658. The number of aliphatic hydroxyl groups excluding tert-OH is 3. The van der Waals surface area contributed by atoms with Gasteiger partial charge in [-0.25, -0.2) is 0 Å². The van der Waals surface area contributed by atoms with E-state index in [1.54, 1.807) is 0 Å². The molecule has 3 N–H and O–H groups in total. The predicted molar refractivity (Wildman–Crippen MR) is 96.2 cm³/mol. The minimum Gasteiger partial charge on any atom is -0.394 e. The van der Waals surface area contributed by atoms with E-state index in [0.29, 0.717) is 0 Å². The summed E-state index contributed by atoms with van der Waals surface area (Å²) in [5.74, 6) is 0. The van der Waals surface area contributed by atoms with Crippen LogP contribution in [0.2, 0.25) is 0 Å². The van der Waals surface area contributed by atoms with Crippen LogP contribution in [0.15, 0.2) is 54.6 Å². The van der Waals surface area contributed by atoms with E-state index in [-0.39, 0.29) is 13.0 Å². The molecule has 0 radical (unpaired) electrons. The van der Waals surface area contributed by atoms with Crippen LogP contribution >= 0.6 is 0 Å². The van der Waals surface area contributed by atoms with Crippen molar-refractivity contribution in [1.29, 1.82) is 0 Å². The van der Waals surface area contributed by atoms with Crippen molar-refractivity contribution < 1.29 is 20.1 Å². The molecule has 4 unspecified atom stereocenters. The predicted octanol–water partition coefficient (Wildman–Crippen LogP) is 2.41. The van der Waals surface area contributed by atoms with Crippen molar-refractivity contribution in [3.8, 4) is 0 Å². The van der Waals surface area contributed by atoms with Crippen LogP contribution in [0.3, 0.4) is 0 Å². The molecule has 0 bridgehead atoms. The topological polar surface area (TPSA) is 69.9 Å². The van der Waals surface area contributed by atoms with Gasteiger partial charge in [0, 0.05) is 6.42 Å². The van der Waals surface area contributed by atoms with E-state index in [9.17, 15) is 15.3 Å². The van der Waals surface area contributed by atoms with Gasteiger partial charge in [-0.1, -0.05) is 54.6 Å². The van der Waals surface area contributed by atoms with Crippen LogP contribution in [-0.4, -0.2) is 40.2 Å². The minimum absolute atomic E-state index is 0.156. The average molecular weight is 342 g/mol. The van der Waals surface area contributed by atoms with Crippen molar-refractivity contribution in [2.24, 2.45) is 0 Å². The van der Waals surface area contributed by atoms with Crippen molar-refractivity contribution in [1.82, 2.24) is 0 Å². The second-order valence-corrected chi connectivity index (χ2v) is 6.74. The molecule has 1 heterocycles. The van der Waals surface area contributed by atoms with E-state index >= 15 is 0 Å². The molecule has 3 rings (SSSR count). The fourth-order valence-corrected chi connectivity index (χ4v) is 3.41. The molecule has 0 aromatic heterocycles. The van der Waals surface area contributed by atoms with Crippen molar-refractivity contribution in [3.63, 3.8) is 0 Å². The van der Waals surface area contributed by atoms with Gasteiger partial charge in [-0.3, -0.25) is 0 Å². The van der Waals surface area contributed by atoms with Gasteiger partial charge < -0.3 is 20.1 Å². The largest absolute Gasteiger partial charge is 0.394 e. The summed E-state index contributed by atoms with van der Waals surface area (Å²) in [6, 6.07) is 18.4. The molecule has 1 saturated heterocycles. The maximum absolute atomic E-state index is 10.3. The number of rotatable bonds is 6. The first-order chi connectivity index (χ1) is 12.2. The monoisotopic (exact) mass is 342 g/mol. The lowest BCUT2D eigenvalue weighted by molar-refractivity contribution is -0.179. The number of hydrogen-bond donors (Lipinski definition) is 3. The molecule has 0 saturated carbocycles. The third kappa shape index (κ3) is 4.67. The summed E-state index contributed by atoms with van der Waals surface area (Å²) >= 11 is 0. The Balaban J connectivity index is 1.64. The molecule has 4 nitrogen and oxygen atoms in total. The summed E-state index contributed by atoms with van der Waals surface area (Å²) in [6.07, 6.45) is 0.380. The van der Waals surface area contributed by atoms with Crippen molar-refractivity contribution in [2.75, 3.05) is 6.61 Å². The molecule has 134 valence electrons. The lowest BCUT2D eigenvalue weighted by Crippen LogP contribution is -2.44. The molecule has 1 aliphatic rings. The van der Waals surface area contributed by atoms with Gasteiger partial charge in [0.25, 0.3) is 0 Å². The number of benzene rings is 2. The van der Waals surface area contributed by atoms with E-state index < -0.39 is 24.4 Å². The third-order valence-corrected chi connectivity index (χ3v) is 4.80. The molecule has 2 aromatic rings. The number of aliphatic hydroxyl groups is 3. The Morgan fingerprint density at radius 1 is 0.920 bits per heavy atom. The Kier molecular flexibility index (Phi) is 6.21. The van der Waals surface area contributed by atoms with Gasteiger partial charge >= 0.3 is 0 Å². The summed E-state index contributed by atoms with van der Waals surface area (Å²) in [6.45, 7) is -0.156. The van der Waals surface area contributed by atoms with E-state index in [1.807, 2.05) is 24.3 Å². The summed E-state index contributed by atoms with van der Waals surface area (Å²) in [4.78, 5) is 0. The Hall–Kier alpha value is -1.72. The van der Waals surface area contributed by atoms with Crippen LogP contribution in [0.4, 0.5) is 0 Å². The van der Waals surface area contributed by atoms with Gasteiger partial charge in [-0.05, 0) is 36.0 Å². The lowest BCUT2D eigenvalue weighted by atomic mass is 9.92. The molecule has 0 aliphatic carbocycles. The zero-order valence-electron chi connectivity index (χ0n) is 14.3. The van der Waals surface area contributed by atoms with Gasteiger partial charge in [0.15, 0.2) is 0 Å². The zero-order chi connectivity index (χ0) is 17.6. The van der Waals surface area contributed by atoms with Crippen LogP contribution < -0.4 is 0 Å². The van der Waals surface area contributed by atoms with E-state index in [2.05, 4.69) is 30.3 Å². The molecule has 4 atom stereocenters. The van der Waals surface area contributed by atoms with Crippen LogP contribution in [-0.2, 0) is 17.6 Å². The van der Waals surface area contributed by atoms with Gasteiger partial charge in [-0.2, -0.15) is 0 Å². The zero-order valence-corrected chi connectivity index (χ0v) is 14.3. The van der Waals surface area contributed by atoms with E-state index in [4.69, 9.17) is 4.74 Å². The summed E-state index contributed by atoms with van der Waals surface area (Å²) in [7, 11) is 0. The first-order valence-corrected chi connectivity index (χ1v) is 8.92. The highest BCUT2D eigenvalue weighted by Crippen LogP contribution is 2.32. The maximum atomic E-state index is 10.3. The summed E-state index contributed by atoms with van der Waals surface area (Å²) in [5, 5.41) is 29.6. The van der Waals surface area contributed by atoms with Crippen LogP contribution in [0.1, 0.15) is 35.6 Å². The van der Waals surface area contributed by atoms with Crippen LogP contribution in [0, 0.1) is 0 Å². The SMILES string of the molecule is OCC1CC(O)C(O)C(c2cccc(CCCc3ccccc3)c2)O1. The average Bonchev–Trinajstić information content (AvgIpc) is 2.65. The second kappa shape index (κ2) is 8.59. The normalized spacial score (nSPS) is 26.5. The molecular formula is C21H26O4. The van der Waals surface area contributed by atoms with Crippen molar-refractivity contribution in [3.05, 3.63) is 71.3 Å². The fraction of sp³-hybridized carbons (Fsp3) is 0.429. The Morgan fingerprint density at radius 2 is 1.64 bits per heavy atom. The first-order valence-electron chi connectivity index (χ1n) is 8.92. The molecule has 0 amide bonds. The molecule has 2 aromatic carbocycles. The van der Waals surface area contributed by atoms with Crippen molar-refractivity contribution in [2.45, 2.75) is 50.1 Å². The van der Waals surface area contributed by atoms with Crippen molar-refractivity contribution >= 4 is 0 Å². The summed E-state index contributed by atoms with van der Waals surface area (Å²) < 4.78 is 5.77. The van der Waals surface area contributed by atoms with Gasteiger partial charge in [0.05, 0.1) is 18.8 Å². The molecule has 0 spiro atoms. The highest BCUT2D eigenvalue weighted by molar-refractivity contribution is 5.27. The number of ether oxygens (including phenoxy) is 1. The van der Waals surface area contributed by atoms with Gasteiger partial charge in [0.2, 0.25) is 0 Å². The highest BCUT2D eigenvalue weighted by atomic mass is 16.5. The minimum atomic E-state index is -0.970. The Morgan fingerprint density at radius 3 is 2.40 bits per heavy atom. The Labute approximate surface area is 148 Å². The van der Waals surface area contributed by atoms with E-state index in [1.165, 1.54) is 11.1 Å². The van der Waals surface area contributed by atoms with Crippen LogP contribution in [0.25, 0.3) is 0 Å². The molecule has 4 heteroatoms. The van der Waals surface area contributed by atoms with Gasteiger partial charge in [0.1, 0.15) is 12.2 Å².